The van der Waals surface area contributed by atoms with E-state index in [1.807, 2.05) is 19.1 Å². The second-order valence-electron chi connectivity index (χ2n) is 8.10. The molecule has 0 unspecified atom stereocenters. The van der Waals surface area contributed by atoms with Crippen LogP contribution >= 0.6 is 0 Å². The molecule has 0 radical (unpaired) electrons. The van der Waals surface area contributed by atoms with E-state index < -0.39 is 11.4 Å². The molecule has 0 aliphatic carbocycles. The van der Waals surface area contributed by atoms with Crippen LogP contribution in [0.2, 0.25) is 0 Å². The average Bonchev–Trinajstić information content (AvgIpc) is 3.13. The molecule has 2 heterocycles. The summed E-state index contributed by atoms with van der Waals surface area (Å²) in [5, 5.41) is 0.683. The highest BCUT2D eigenvalue weighted by atomic mass is 32.2. The molecular formula is C23H27FN4O2S. The third-order valence-electron chi connectivity index (χ3n) is 5.77. The molecule has 1 fully saturated rings. The van der Waals surface area contributed by atoms with E-state index in [0.717, 1.165) is 31.7 Å². The summed E-state index contributed by atoms with van der Waals surface area (Å²) in [6.07, 6.45) is 0. The zero-order valence-electron chi connectivity index (χ0n) is 17.8. The average molecular weight is 443 g/mol. The summed E-state index contributed by atoms with van der Waals surface area (Å²) in [6.45, 7) is 5.89. The summed E-state index contributed by atoms with van der Waals surface area (Å²) in [6, 6.07) is 12.1. The molecule has 2 aromatic carbocycles. The SMILES string of the molecule is Cc1ccc([S@+]([O-])n2c(C(=O)CN)cc3cc(CN4CCN(C)CC4)c(F)cc32)cc1. The second-order valence-corrected chi connectivity index (χ2v) is 9.43. The van der Waals surface area contributed by atoms with Gasteiger partial charge in [-0.25, -0.2) is 4.39 Å². The highest BCUT2D eigenvalue weighted by Gasteiger charge is 2.26. The van der Waals surface area contributed by atoms with Crippen LogP contribution in [0.3, 0.4) is 0 Å². The monoisotopic (exact) mass is 442 g/mol. The Morgan fingerprint density at radius 2 is 1.81 bits per heavy atom. The van der Waals surface area contributed by atoms with Gasteiger partial charge in [0.05, 0.1) is 6.54 Å². The number of hydrogen-bond acceptors (Lipinski definition) is 5. The highest BCUT2D eigenvalue weighted by molar-refractivity contribution is 7.90. The first-order valence-corrected chi connectivity index (χ1v) is 11.4. The zero-order chi connectivity index (χ0) is 22.1. The minimum absolute atomic E-state index is 0.210. The first kappa shape index (κ1) is 22.0. The number of rotatable bonds is 6. The number of ketones is 1. The molecule has 31 heavy (non-hydrogen) atoms. The molecule has 1 aliphatic rings. The fourth-order valence-electron chi connectivity index (χ4n) is 3.86. The Morgan fingerprint density at radius 3 is 2.45 bits per heavy atom. The summed E-state index contributed by atoms with van der Waals surface area (Å²) in [4.78, 5) is 17.5. The largest absolute Gasteiger partial charge is 0.587 e. The minimum atomic E-state index is -1.70. The van der Waals surface area contributed by atoms with Crippen LogP contribution in [-0.4, -0.2) is 63.9 Å². The molecule has 164 valence electrons. The van der Waals surface area contributed by atoms with Crippen molar-refractivity contribution in [3.8, 4) is 0 Å². The van der Waals surface area contributed by atoms with E-state index >= 15 is 4.39 Å². The molecule has 2 N–H and O–H groups in total. The van der Waals surface area contributed by atoms with Gasteiger partial charge in [0.1, 0.15) is 28.4 Å². The Labute approximate surface area is 184 Å². The Morgan fingerprint density at radius 1 is 1.13 bits per heavy atom. The number of benzene rings is 2. The van der Waals surface area contributed by atoms with Crippen molar-refractivity contribution >= 4 is 28.0 Å². The standard InChI is InChI=1S/C23H27FN4O2S/c1-16-3-5-19(6-4-16)31(30)28-21-13-20(24)18(15-27-9-7-26(2)8-10-27)11-17(21)12-22(28)23(29)14-25/h3-6,11-13H,7-10,14-15,25H2,1-2H3/t31-/m0/s1. The predicted octanol–water partition coefficient (Wildman–Crippen LogP) is 2.55. The van der Waals surface area contributed by atoms with Crippen LogP contribution in [0.25, 0.3) is 10.9 Å². The van der Waals surface area contributed by atoms with Crippen molar-refractivity contribution in [1.29, 1.82) is 0 Å². The number of nitrogens with two attached hydrogens (primary N) is 1. The van der Waals surface area contributed by atoms with Gasteiger partial charge in [0, 0.05) is 49.7 Å². The number of fused-ring (bicyclic) bond motifs is 1. The van der Waals surface area contributed by atoms with Gasteiger partial charge in [0.25, 0.3) is 0 Å². The molecule has 0 amide bonds. The summed E-state index contributed by atoms with van der Waals surface area (Å²) < 4.78 is 29.8. The van der Waals surface area contributed by atoms with E-state index in [9.17, 15) is 9.35 Å². The van der Waals surface area contributed by atoms with Crippen molar-refractivity contribution in [2.24, 2.45) is 5.73 Å². The number of nitrogens with zero attached hydrogens (tertiary/aromatic N) is 3. The van der Waals surface area contributed by atoms with Crippen molar-refractivity contribution in [3.05, 3.63) is 65.1 Å². The van der Waals surface area contributed by atoms with Crippen LogP contribution in [0.1, 0.15) is 21.6 Å². The molecule has 1 aliphatic heterocycles. The summed E-state index contributed by atoms with van der Waals surface area (Å²) in [7, 11) is 2.08. The van der Waals surface area contributed by atoms with Crippen molar-refractivity contribution in [2.45, 2.75) is 18.4 Å². The van der Waals surface area contributed by atoms with E-state index in [-0.39, 0.29) is 23.8 Å². The van der Waals surface area contributed by atoms with Gasteiger partial charge in [-0.3, -0.25) is 9.69 Å². The number of aryl methyl sites for hydroxylation is 1. The number of piperazine rings is 1. The van der Waals surface area contributed by atoms with Gasteiger partial charge in [-0.05, 0) is 38.2 Å². The first-order valence-electron chi connectivity index (χ1n) is 10.3. The molecule has 0 bridgehead atoms. The van der Waals surface area contributed by atoms with Crippen LogP contribution in [-0.2, 0) is 17.9 Å². The van der Waals surface area contributed by atoms with E-state index in [0.29, 0.717) is 27.9 Å². The lowest BCUT2D eigenvalue weighted by Gasteiger charge is -2.32. The van der Waals surface area contributed by atoms with Crippen LogP contribution in [0.4, 0.5) is 4.39 Å². The van der Waals surface area contributed by atoms with E-state index in [1.54, 1.807) is 24.3 Å². The maximum atomic E-state index is 15.1. The highest BCUT2D eigenvalue weighted by Crippen LogP contribution is 2.29. The van der Waals surface area contributed by atoms with E-state index in [2.05, 4.69) is 16.8 Å². The molecule has 0 saturated carbocycles. The maximum Gasteiger partial charge on any atom is 0.197 e. The number of likely N-dealkylation sites (N-methyl/N-ethyl adjacent to an activating group) is 1. The minimum Gasteiger partial charge on any atom is -0.587 e. The summed E-state index contributed by atoms with van der Waals surface area (Å²) in [5.74, 6) is -0.698. The lowest BCUT2D eigenvalue weighted by Crippen LogP contribution is -2.44. The van der Waals surface area contributed by atoms with Crippen molar-refractivity contribution in [3.63, 3.8) is 0 Å². The Bertz CT molecular complexity index is 1090. The van der Waals surface area contributed by atoms with Gasteiger partial charge in [-0.2, -0.15) is 3.97 Å². The lowest BCUT2D eigenvalue weighted by molar-refractivity contribution is 0.0996. The van der Waals surface area contributed by atoms with Crippen molar-refractivity contribution < 1.29 is 13.7 Å². The molecule has 1 saturated heterocycles. The third kappa shape index (κ3) is 4.53. The number of Topliss-reactive ketones (excluding diaryl/α,β-unsaturated/α-hetero) is 1. The Hall–Kier alpha value is -2.23. The van der Waals surface area contributed by atoms with E-state index in [4.69, 9.17) is 5.73 Å². The Kier molecular flexibility index (Phi) is 6.45. The number of carbonyl (C=O) groups is 1. The van der Waals surface area contributed by atoms with Gasteiger partial charge in [0.2, 0.25) is 0 Å². The van der Waals surface area contributed by atoms with Gasteiger partial charge in [-0.1, -0.05) is 17.7 Å². The quantitative estimate of drug-likeness (QED) is 0.469. The fourth-order valence-corrected chi connectivity index (χ4v) is 5.11. The Balaban J connectivity index is 1.75. The molecule has 1 aromatic heterocycles. The predicted molar refractivity (Wildman–Crippen MR) is 121 cm³/mol. The molecular weight excluding hydrogens is 415 g/mol. The molecule has 3 aromatic rings. The topological polar surface area (TPSA) is 77.6 Å². The molecule has 1 atom stereocenters. The summed E-state index contributed by atoms with van der Waals surface area (Å²) in [5.41, 5.74) is 7.87. The van der Waals surface area contributed by atoms with Crippen LogP contribution < -0.4 is 5.73 Å². The smallest absolute Gasteiger partial charge is 0.197 e. The number of aromatic nitrogens is 1. The second kappa shape index (κ2) is 9.10. The molecule has 4 rings (SSSR count). The number of hydrogen-bond donors (Lipinski definition) is 1. The molecule has 0 spiro atoms. The van der Waals surface area contributed by atoms with Gasteiger partial charge in [-0.15, -0.1) is 0 Å². The van der Waals surface area contributed by atoms with Gasteiger partial charge >= 0.3 is 0 Å². The number of carbonyl (C=O) groups excluding carboxylic acids is 1. The maximum absolute atomic E-state index is 15.1. The normalized spacial score (nSPS) is 16.7. The summed E-state index contributed by atoms with van der Waals surface area (Å²) >= 11 is -1.70. The van der Waals surface area contributed by atoms with Crippen LogP contribution in [0.15, 0.2) is 47.4 Å². The van der Waals surface area contributed by atoms with Gasteiger partial charge < -0.3 is 15.2 Å². The van der Waals surface area contributed by atoms with E-state index in [1.165, 1.54) is 10.0 Å². The number of halogens is 1. The fraction of sp³-hybridized carbons (Fsp3) is 0.348. The molecule has 6 nitrogen and oxygen atoms in total. The molecule has 8 heteroatoms. The first-order chi connectivity index (χ1) is 14.9. The van der Waals surface area contributed by atoms with Crippen LogP contribution in [0.5, 0.6) is 0 Å². The lowest BCUT2D eigenvalue weighted by atomic mass is 10.1. The zero-order valence-corrected chi connectivity index (χ0v) is 18.6. The van der Waals surface area contributed by atoms with Crippen molar-refractivity contribution in [2.75, 3.05) is 39.8 Å². The third-order valence-corrected chi connectivity index (χ3v) is 7.18. The van der Waals surface area contributed by atoms with Crippen LogP contribution in [0, 0.1) is 12.7 Å². The van der Waals surface area contributed by atoms with Crippen molar-refractivity contribution in [1.82, 2.24) is 13.8 Å². The van der Waals surface area contributed by atoms with Gasteiger partial charge in [0.15, 0.2) is 10.7 Å².